The maximum Gasteiger partial charge on any atom is 0.410 e. The molecule has 1 amide bonds. The number of carbonyl (C=O) groups excluding carboxylic acids is 2. The third-order valence-corrected chi connectivity index (χ3v) is 8.00. The fourth-order valence-electron chi connectivity index (χ4n) is 4.53. The van der Waals surface area contributed by atoms with E-state index in [0.717, 1.165) is 0 Å². The van der Waals surface area contributed by atoms with Crippen LogP contribution >= 0.6 is 0 Å². The van der Waals surface area contributed by atoms with Gasteiger partial charge in [0.05, 0.1) is 19.3 Å². The number of hydrogen-bond acceptors (Lipinski definition) is 7. The van der Waals surface area contributed by atoms with Crippen LogP contribution in [0.2, 0.25) is 0 Å². The molecule has 0 aliphatic carbocycles. The second-order valence-electron chi connectivity index (χ2n) is 9.24. The molecule has 0 aromatic carbocycles. The van der Waals surface area contributed by atoms with Gasteiger partial charge in [-0.25, -0.2) is 9.59 Å². The van der Waals surface area contributed by atoms with E-state index in [1.54, 1.807) is 27.7 Å². The number of esters is 1. The minimum absolute atomic E-state index is 0.104. The number of piperidine rings is 1. The van der Waals surface area contributed by atoms with Gasteiger partial charge in [-0.2, -0.15) is 17.0 Å². The number of nitrogens with zero attached hydrogens (tertiary/aromatic N) is 3. The zero-order chi connectivity index (χ0) is 22.3. The van der Waals surface area contributed by atoms with Crippen molar-refractivity contribution in [3.05, 3.63) is 0 Å². The highest BCUT2D eigenvalue weighted by Crippen LogP contribution is 2.43. The van der Waals surface area contributed by atoms with Gasteiger partial charge in [-0.3, -0.25) is 0 Å². The fourth-order valence-corrected chi connectivity index (χ4v) is 6.66. The number of amides is 1. The van der Waals surface area contributed by atoms with E-state index in [2.05, 4.69) is 0 Å². The molecular formula is C19H33N3O7S. The van der Waals surface area contributed by atoms with Crippen molar-refractivity contribution in [2.75, 3.05) is 32.8 Å². The van der Waals surface area contributed by atoms with Crippen LogP contribution in [0.25, 0.3) is 0 Å². The van der Waals surface area contributed by atoms with Crippen LogP contribution in [0.5, 0.6) is 0 Å². The third kappa shape index (κ3) is 4.30. The molecule has 30 heavy (non-hydrogen) atoms. The van der Waals surface area contributed by atoms with E-state index in [1.807, 2.05) is 0 Å². The number of carbonyl (C=O) groups is 2. The summed E-state index contributed by atoms with van der Waals surface area (Å²) in [6.45, 7) is 7.49. The molecule has 3 aliphatic rings. The molecule has 10 nitrogen and oxygen atoms in total. The van der Waals surface area contributed by atoms with Crippen LogP contribution in [0.15, 0.2) is 0 Å². The minimum Gasteiger partial charge on any atom is -0.465 e. The second kappa shape index (κ2) is 8.25. The summed E-state index contributed by atoms with van der Waals surface area (Å²) in [5.74, 6) is -0.638. The quantitative estimate of drug-likeness (QED) is 0.631. The first-order chi connectivity index (χ1) is 13.9. The smallest absolute Gasteiger partial charge is 0.410 e. The molecule has 172 valence electrons. The van der Waals surface area contributed by atoms with Gasteiger partial charge in [-0.15, -0.1) is 0 Å². The summed E-state index contributed by atoms with van der Waals surface area (Å²) in [4.78, 5) is 27.2. The van der Waals surface area contributed by atoms with Crippen LogP contribution < -0.4 is 0 Å². The Hall–Kier alpha value is -1.43. The standard InChI is InChI=1S/C19H33N3O7S/c1-5-28-16(24)19-9-6-14(12-20(13-19)17(25)29-18(2,3)4)22(19)30(26,27)21-10-7-15(23)8-11-21/h14-15,23H,5-13H2,1-4H3. The van der Waals surface area contributed by atoms with Crippen LogP contribution in [0.4, 0.5) is 4.79 Å². The highest BCUT2D eigenvalue weighted by atomic mass is 32.2. The monoisotopic (exact) mass is 447 g/mol. The number of aliphatic hydroxyl groups excluding tert-OH is 1. The van der Waals surface area contributed by atoms with Crippen molar-refractivity contribution in [3.8, 4) is 0 Å². The van der Waals surface area contributed by atoms with E-state index in [1.165, 1.54) is 13.5 Å². The number of hydrogen-bond donors (Lipinski definition) is 1. The number of rotatable bonds is 4. The second-order valence-corrected chi connectivity index (χ2v) is 11.0. The predicted octanol–water partition coefficient (Wildman–Crippen LogP) is 0.705. The summed E-state index contributed by atoms with van der Waals surface area (Å²) >= 11 is 0. The lowest BCUT2D eigenvalue weighted by Gasteiger charge is -2.47. The molecule has 2 unspecified atom stereocenters. The zero-order valence-electron chi connectivity index (χ0n) is 18.2. The van der Waals surface area contributed by atoms with Gasteiger partial charge in [0, 0.05) is 25.7 Å². The van der Waals surface area contributed by atoms with Gasteiger partial charge in [0.15, 0.2) is 5.54 Å². The zero-order valence-corrected chi connectivity index (χ0v) is 19.0. The van der Waals surface area contributed by atoms with E-state index in [-0.39, 0.29) is 39.2 Å². The van der Waals surface area contributed by atoms with Crippen molar-refractivity contribution >= 4 is 22.3 Å². The summed E-state index contributed by atoms with van der Waals surface area (Å²) in [5, 5.41) is 9.75. The highest BCUT2D eigenvalue weighted by molar-refractivity contribution is 7.86. The first kappa shape index (κ1) is 23.2. The molecule has 0 radical (unpaired) electrons. The molecular weight excluding hydrogens is 414 g/mol. The highest BCUT2D eigenvalue weighted by Gasteiger charge is 2.63. The Labute approximate surface area is 178 Å². The van der Waals surface area contributed by atoms with E-state index in [9.17, 15) is 23.1 Å². The van der Waals surface area contributed by atoms with Crippen LogP contribution in [-0.4, -0.2) is 95.2 Å². The molecule has 3 fully saturated rings. The first-order valence-corrected chi connectivity index (χ1v) is 11.9. The summed E-state index contributed by atoms with van der Waals surface area (Å²) in [7, 11) is -3.97. The van der Waals surface area contributed by atoms with Gasteiger partial charge in [-0.05, 0) is 53.4 Å². The van der Waals surface area contributed by atoms with E-state index < -0.39 is 45.6 Å². The number of piperazine rings is 1. The molecule has 3 heterocycles. The summed E-state index contributed by atoms with van der Waals surface area (Å²) < 4.78 is 40.5. The Morgan fingerprint density at radius 3 is 2.37 bits per heavy atom. The molecule has 11 heteroatoms. The van der Waals surface area contributed by atoms with Gasteiger partial charge in [0.25, 0.3) is 10.2 Å². The van der Waals surface area contributed by atoms with Gasteiger partial charge >= 0.3 is 12.1 Å². The first-order valence-electron chi connectivity index (χ1n) is 10.5. The molecule has 0 aromatic heterocycles. The Morgan fingerprint density at radius 1 is 1.17 bits per heavy atom. The lowest BCUT2D eigenvalue weighted by molar-refractivity contribution is -0.157. The van der Waals surface area contributed by atoms with Gasteiger partial charge in [0.1, 0.15) is 5.60 Å². The SMILES string of the molecule is CCOC(=O)C12CCC(CN(C(=O)OC(C)(C)C)C1)N2S(=O)(=O)N1CCC(O)CC1. The number of fused-ring (bicyclic) bond motifs is 2. The van der Waals surface area contributed by atoms with Crippen molar-refractivity contribution in [2.45, 2.75) is 76.7 Å². The van der Waals surface area contributed by atoms with Gasteiger partial charge in [0.2, 0.25) is 0 Å². The number of aliphatic hydroxyl groups is 1. The average Bonchev–Trinajstić information content (AvgIpc) is 2.90. The normalized spacial score (nSPS) is 29.1. The van der Waals surface area contributed by atoms with E-state index in [0.29, 0.717) is 19.3 Å². The largest absolute Gasteiger partial charge is 0.465 e. The number of likely N-dealkylation sites (tertiary alicyclic amines) is 1. The Kier molecular flexibility index (Phi) is 6.39. The summed E-state index contributed by atoms with van der Waals surface area (Å²) in [6, 6.07) is -0.535. The lowest BCUT2D eigenvalue weighted by atomic mass is 9.97. The van der Waals surface area contributed by atoms with Crippen molar-refractivity contribution in [3.63, 3.8) is 0 Å². The number of ether oxygens (including phenoxy) is 2. The van der Waals surface area contributed by atoms with E-state index >= 15 is 0 Å². The Morgan fingerprint density at radius 2 is 1.80 bits per heavy atom. The van der Waals surface area contributed by atoms with Crippen molar-refractivity contribution in [1.29, 1.82) is 0 Å². The molecule has 2 atom stereocenters. The lowest BCUT2D eigenvalue weighted by Crippen LogP contribution is -2.69. The van der Waals surface area contributed by atoms with Crippen molar-refractivity contribution in [2.24, 2.45) is 0 Å². The average molecular weight is 448 g/mol. The Balaban J connectivity index is 1.92. The molecule has 1 N–H and O–H groups in total. The minimum atomic E-state index is -3.97. The molecule has 3 saturated heterocycles. The van der Waals surface area contributed by atoms with E-state index in [4.69, 9.17) is 9.47 Å². The van der Waals surface area contributed by atoms with Crippen LogP contribution in [0.1, 0.15) is 53.4 Å². The fraction of sp³-hybridized carbons (Fsp3) is 0.895. The van der Waals surface area contributed by atoms with Crippen molar-refractivity contribution < 1.29 is 32.6 Å². The third-order valence-electron chi connectivity index (χ3n) is 5.83. The Bertz CT molecular complexity index is 773. The van der Waals surface area contributed by atoms with Gasteiger partial charge in [-0.1, -0.05) is 0 Å². The maximum atomic E-state index is 13.6. The topological polar surface area (TPSA) is 117 Å². The molecule has 2 bridgehead atoms. The molecule has 3 rings (SSSR count). The predicted molar refractivity (Wildman–Crippen MR) is 108 cm³/mol. The summed E-state index contributed by atoms with van der Waals surface area (Å²) in [6.07, 6.45) is 0.360. The maximum absolute atomic E-state index is 13.6. The molecule has 0 spiro atoms. The molecule has 0 saturated carbocycles. The summed E-state index contributed by atoms with van der Waals surface area (Å²) in [5.41, 5.74) is -2.17. The van der Waals surface area contributed by atoms with Crippen LogP contribution in [0.3, 0.4) is 0 Å². The van der Waals surface area contributed by atoms with Crippen LogP contribution in [-0.2, 0) is 24.5 Å². The molecule has 0 aromatic rings. The van der Waals surface area contributed by atoms with Gasteiger partial charge < -0.3 is 19.5 Å². The molecule has 3 aliphatic heterocycles. The van der Waals surface area contributed by atoms with Crippen molar-refractivity contribution in [1.82, 2.24) is 13.5 Å². The van der Waals surface area contributed by atoms with Crippen LogP contribution in [0, 0.1) is 0 Å².